The largest absolute Gasteiger partial charge is 0.478 e. The number of carboxylic acids is 1. The minimum atomic E-state index is -1.49. The lowest BCUT2D eigenvalue weighted by Crippen LogP contribution is -2.19. The highest BCUT2D eigenvalue weighted by Crippen LogP contribution is 2.25. The molecule has 1 N–H and O–H groups in total. The molecule has 0 radical (unpaired) electrons. The summed E-state index contributed by atoms with van der Waals surface area (Å²) in [5.74, 6) is -3.99. The lowest BCUT2D eigenvalue weighted by Gasteiger charge is -2.20. The Hall–Kier alpha value is -1.95. The maximum Gasteiger partial charge on any atom is 0.338 e. The maximum atomic E-state index is 14.0. The average Bonchev–Trinajstić information content (AvgIpc) is 2.43. The third-order valence-corrected chi connectivity index (χ3v) is 3.57. The van der Waals surface area contributed by atoms with Gasteiger partial charge in [0, 0.05) is 18.1 Å². The summed E-state index contributed by atoms with van der Waals surface area (Å²) >= 11 is 3.32. The molecule has 0 saturated heterocycles. The van der Waals surface area contributed by atoms with Crippen molar-refractivity contribution in [3.8, 4) is 0 Å². The number of rotatable bonds is 4. The van der Waals surface area contributed by atoms with Crippen LogP contribution in [0.25, 0.3) is 0 Å². The van der Waals surface area contributed by atoms with Crippen molar-refractivity contribution < 1.29 is 18.7 Å². The Morgan fingerprint density at radius 1 is 1.14 bits per heavy atom. The first-order valence-corrected chi connectivity index (χ1v) is 6.86. The number of carboxylic acid groups (broad SMARTS) is 1. The number of aromatic carboxylic acids is 1. The lowest BCUT2D eigenvalue weighted by molar-refractivity contribution is 0.0690. The Morgan fingerprint density at radius 3 is 2.33 bits per heavy atom. The van der Waals surface area contributed by atoms with Crippen LogP contribution in [0.2, 0.25) is 0 Å². The number of hydrogen-bond acceptors (Lipinski definition) is 2. The van der Waals surface area contributed by atoms with Gasteiger partial charge in [0.1, 0.15) is 0 Å². The standard InChI is InChI=1S/C15H12BrF2NO2/c1-19(8-9-2-4-10(16)5-3-9)12-7-6-11(15(20)21)13(17)14(12)18/h2-7H,8H2,1H3,(H,20,21). The molecule has 21 heavy (non-hydrogen) atoms. The summed E-state index contributed by atoms with van der Waals surface area (Å²) in [6.45, 7) is 0.371. The number of carbonyl (C=O) groups is 1. The molecule has 2 rings (SSSR count). The summed E-state index contributed by atoms with van der Waals surface area (Å²) < 4.78 is 28.6. The van der Waals surface area contributed by atoms with Crippen molar-refractivity contribution in [2.75, 3.05) is 11.9 Å². The summed E-state index contributed by atoms with van der Waals surface area (Å²) in [4.78, 5) is 12.3. The van der Waals surface area contributed by atoms with Crippen LogP contribution in [0.15, 0.2) is 40.9 Å². The first kappa shape index (κ1) is 15.4. The van der Waals surface area contributed by atoms with Crippen molar-refractivity contribution in [1.82, 2.24) is 0 Å². The van der Waals surface area contributed by atoms with Crippen LogP contribution in [0.3, 0.4) is 0 Å². The SMILES string of the molecule is CN(Cc1ccc(Br)cc1)c1ccc(C(=O)O)c(F)c1F. The maximum absolute atomic E-state index is 14.0. The lowest BCUT2D eigenvalue weighted by atomic mass is 10.1. The van der Waals surface area contributed by atoms with E-state index in [1.807, 2.05) is 24.3 Å². The monoisotopic (exact) mass is 355 g/mol. The second kappa shape index (κ2) is 6.22. The van der Waals surface area contributed by atoms with Gasteiger partial charge in [-0.15, -0.1) is 0 Å². The molecular weight excluding hydrogens is 344 g/mol. The van der Waals surface area contributed by atoms with E-state index in [1.54, 1.807) is 7.05 Å². The molecule has 0 heterocycles. The van der Waals surface area contributed by atoms with Crippen molar-refractivity contribution in [1.29, 1.82) is 0 Å². The van der Waals surface area contributed by atoms with Gasteiger partial charge in [0.25, 0.3) is 0 Å². The van der Waals surface area contributed by atoms with Gasteiger partial charge in [-0.05, 0) is 29.8 Å². The number of nitrogens with zero attached hydrogens (tertiary/aromatic N) is 1. The molecule has 0 fully saturated rings. The summed E-state index contributed by atoms with van der Waals surface area (Å²) in [5, 5.41) is 8.76. The minimum Gasteiger partial charge on any atom is -0.478 e. The van der Waals surface area contributed by atoms with Crippen molar-refractivity contribution in [3.05, 3.63) is 63.6 Å². The highest BCUT2D eigenvalue weighted by Gasteiger charge is 2.19. The number of halogens is 3. The van der Waals surface area contributed by atoms with E-state index in [4.69, 9.17) is 5.11 Å². The van der Waals surface area contributed by atoms with E-state index >= 15 is 0 Å². The zero-order valence-corrected chi connectivity index (χ0v) is 12.7. The summed E-state index contributed by atoms with van der Waals surface area (Å²) in [6.07, 6.45) is 0. The van der Waals surface area contributed by atoms with E-state index in [0.717, 1.165) is 16.1 Å². The minimum absolute atomic E-state index is 0.0143. The van der Waals surface area contributed by atoms with Crippen LogP contribution in [-0.4, -0.2) is 18.1 Å². The summed E-state index contributed by atoms with van der Waals surface area (Å²) in [7, 11) is 1.61. The van der Waals surface area contributed by atoms with Gasteiger partial charge in [-0.25, -0.2) is 13.6 Å². The second-order valence-electron chi connectivity index (χ2n) is 4.55. The van der Waals surface area contributed by atoms with E-state index < -0.39 is 23.2 Å². The fourth-order valence-corrected chi connectivity index (χ4v) is 2.21. The molecule has 3 nitrogen and oxygen atoms in total. The zero-order chi connectivity index (χ0) is 15.6. The third-order valence-electron chi connectivity index (χ3n) is 3.04. The summed E-state index contributed by atoms with van der Waals surface area (Å²) in [5.41, 5.74) is 0.261. The third kappa shape index (κ3) is 3.39. The van der Waals surface area contributed by atoms with Gasteiger partial charge in [0.15, 0.2) is 11.6 Å². The number of anilines is 1. The first-order chi connectivity index (χ1) is 9.90. The highest BCUT2D eigenvalue weighted by atomic mass is 79.9. The van der Waals surface area contributed by atoms with Crippen molar-refractivity contribution in [2.45, 2.75) is 6.54 Å². The average molecular weight is 356 g/mol. The molecule has 2 aromatic carbocycles. The van der Waals surface area contributed by atoms with Crippen LogP contribution in [0, 0.1) is 11.6 Å². The zero-order valence-electron chi connectivity index (χ0n) is 11.1. The van der Waals surface area contributed by atoms with E-state index in [-0.39, 0.29) is 5.69 Å². The van der Waals surface area contributed by atoms with Gasteiger partial charge in [-0.1, -0.05) is 28.1 Å². The molecule has 2 aromatic rings. The first-order valence-electron chi connectivity index (χ1n) is 6.07. The van der Waals surface area contributed by atoms with Gasteiger partial charge in [0.2, 0.25) is 0 Å². The number of benzene rings is 2. The van der Waals surface area contributed by atoms with Crippen molar-refractivity contribution in [2.24, 2.45) is 0 Å². The van der Waals surface area contributed by atoms with Crippen LogP contribution in [0.5, 0.6) is 0 Å². The molecule has 0 unspecified atom stereocenters. The predicted molar refractivity (Wildman–Crippen MR) is 79.6 cm³/mol. The second-order valence-corrected chi connectivity index (χ2v) is 5.46. The van der Waals surface area contributed by atoms with Crippen LogP contribution >= 0.6 is 15.9 Å². The Kier molecular flexibility index (Phi) is 4.57. The van der Waals surface area contributed by atoms with Gasteiger partial charge in [-0.2, -0.15) is 0 Å². The molecule has 0 atom stereocenters. The van der Waals surface area contributed by atoms with Gasteiger partial charge in [0.05, 0.1) is 11.3 Å². The molecular formula is C15H12BrF2NO2. The van der Waals surface area contributed by atoms with E-state index in [1.165, 1.54) is 11.0 Å². The normalized spacial score (nSPS) is 10.5. The van der Waals surface area contributed by atoms with Crippen LogP contribution in [0.1, 0.15) is 15.9 Å². The molecule has 110 valence electrons. The molecule has 0 aliphatic heterocycles. The fourth-order valence-electron chi connectivity index (χ4n) is 1.95. The van der Waals surface area contributed by atoms with Gasteiger partial charge < -0.3 is 10.0 Å². The Labute approximate surface area is 128 Å². The molecule has 0 spiro atoms. The Bertz CT molecular complexity index is 674. The van der Waals surface area contributed by atoms with Crippen molar-refractivity contribution >= 4 is 27.6 Å². The molecule has 0 bridgehead atoms. The molecule has 0 aliphatic rings. The van der Waals surface area contributed by atoms with Crippen molar-refractivity contribution in [3.63, 3.8) is 0 Å². The molecule has 0 aliphatic carbocycles. The number of hydrogen-bond donors (Lipinski definition) is 1. The predicted octanol–water partition coefficient (Wildman–Crippen LogP) is 4.06. The van der Waals surface area contributed by atoms with E-state index in [2.05, 4.69) is 15.9 Å². The smallest absolute Gasteiger partial charge is 0.338 e. The quantitative estimate of drug-likeness (QED) is 0.898. The molecule has 6 heteroatoms. The van der Waals surface area contributed by atoms with Gasteiger partial charge >= 0.3 is 5.97 Å². The van der Waals surface area contributed by atoms with Crippen LogP contribution in [0.4, 0.5) is 14.5 Å². The van der Waals surface area contributed by atoms with Gasteiger partial charge in [-0.3, -0.25) is 0 Å². The highest BCUT2D eigenvalue weighted by molar-refractivity contribution is 9.10. The van der Waals surface area contributed by atoms with Crippen LogP contribution < -0.4 is 4.90 Å². The molecule has 0 amide bonds. The van der Waals surface area contributed by atoms with Crippen LogP contribution in [-0.2, 0) is 6.54 Å². The molecule has 0 saturated carbocycles. The molecule has 0 aromatic heterocycles. The van der Waals surface area contributed by atoms with E-state index in [9.17, 15) is 13.6 Å². The Balaban J connectivity index is 2.27. The Morgan fingerprint density at radius 2 is 1.76 bits per heavy atom. The topological polar surface area (TPSA) is 40.5 Å². The fraction of sp³-hybridized carbons (Fsp3) is 0.133. The summed E-state index contributed by atoms with van der Waals surface area (Å²) in [6, 6.07) is 9.76. The van der Waals surface area contributed by atoms with E-state index in [0.29, 0.717) is 6.54 Å².